The van der Waals surface area contributed by atoms with Crippen molar-refractivity contribution in [1.29, 1.82) is 0 Å². The summed E-state index contributed by atoms with van der Waals surface area (Å²) in [6.07, 6.45) is 1.44. The van der Waals surface area contributed by atoms with E-state index in [4.69, 9.17) is 9.47 Å². The molecule has 7 heteroatoms. The average Bonchev–Trinajstić information content (AvgIpc) is 2.44. The molecule has 1 saturated carbocycles. The fraction of sp³-hybridized carbons (Fsp3) is 0.636. The molecule has 7 nitrogen and oxygen atoms in total. The topological polar surface area (TPSA) is 93.5 Å². The summed E-state index contributed by atoms with van der Waals surface area (Å²) in [5.41, 5.74) is -1.52. The van der Waals surface area contributed by atoms with Gasteiger partial charge in [-0.1, -0.05) is 0 Å². The van der Waals surface area contributed by atoms with E-state index in [-0.39, 0.29) is 24.7 Å². The molecule has 0 spiro atoms. The van der Waals surface area contributed by atoms with E-state index >= 15 is 0 Å². The maximum Gasteiger partial charge on any atom is 0.330 e. The Hall–Kier alpha value is -1.44. The van der Waals surface area contributed by atoms with Crippen LogP contribution in [0, 0.1) is 5.92 Å². The molecule has 2 N–H and O–H groups in total. The Bertz CT molecular complexity index is 622. The molecule has 0 amide bonds. The lowest BCUT2D eigenvalue weighted by Gasteiger charge is -2.56. The van der Waals surface area contributed by atoms with Crippen molar-refractivity contribution in [3.8, 4) is 0 Å². The van der Waals surface area contributed by atoms with Crippen LogP contribution < -0.4 is 11.2 Å². The first-order valence-electron chi connectivity index (χ1n) is 5.90. The lowest BCUT2D eigenvalue weighted by molar-refractivity contribution is -0.273. The van der Waals surface area contributed by atoms with Crippen LogP contribution in [0.15, 0.2) is 21.9 Å². The van der Waals surface area contributed by atoms with Crippen molar-refractivity contribution in [3.63, 3.8) is 0 Å². The molecule has 0 aromatic carbocycles. The van der Waals surface area contributed by atoms with Gasteiger partial charge in [0, 0.05) is 24.6 Å². The molecule has 2 saturated heterocycles. The van der Waals surface area contributed by atoms with Crippen LogP contribution in [-0.2, 0) is 9.47 Å². The van der Waals surface area contributed by atoms with Gasteiger partial charge in [-0.15, -0.1) is 0 Å². The van der Waals surface area contributed by atoms with Crippen molar-refractivity contribution in [2.24, 2.45) is 5.92 Å². The number of ether oxygens (including phenoxy) is 2. The molecule has 3 aliphatic rings. The van der Waals surface area contributed by atoms with Gasteiger partial charge in [-0.05, 0) is 0 Å². The molecule has 0 radical (unpaired) electrons. The zero-order valence-electron chi connectivity index (χ0n) is 9.41. The third kappa shape index (κ3) is 1.05. The molecular formula is C11H12N2O5. The Morgan fingerprint density at radius 2 is 2.39 bits per heavy atom. The summed E-state index contributed by atoms with van der Waals surface area (Å²) in [6.45, 7) is -0.0668. The minimum absolute atomic E-state index is 0.0668. The van der Waals surface area contributed by atoms with Crippen molar-refractivity contribution in [3.05, 3.63) is 33.1 Å². The van der Waals surface area contributed by atoms with Crippen LogP contribution in [0.25, 0.3) is 0 Å². The fourth-order valence-corrected chi connectivity index (χ4v) is 3.35. The lowest BCUT2D eigenvalue weighted by Crippen LogP contribution is -2.68. The minimum Gasteiger partial charge on any atom is -0.393 e. The van der Waals surface area contributed by atoms with Gasteiger partial charge < -0.3 is 14.6 Å². The zero-order chi connectivity index (χ0) is 12.5. The molecule has 18 heavy (non-hydrogen) atoms. The number of rotatable bonds is 2. The van der Waals surface area contributed by atoms with Crippen molar-refractivity contribution in [1.82, 2.24) is 9.55 Å². The summed E-state index contributed by atoms with van der Waals surface area (Å²) in [5.74, 6) is 0.159. The summed E-state index contributed by atoms with van der Waals surface area (Å²) in [6, 6.07) is 1.27. The molecular weight excluding hydrogens is 240 g/mol. The summed E-state index contributed by atoms with van der Waals surface area (Å²) >= 11 is 0. The Balaban J connectivity index is 1.75. The lowest BCUT2D eigenvalue weighted by atomic mass is 9.62. The quantitative estimate of drug-likeness (QED) is 0.674. The summed E-state index contributed by atoms with van der Waals surface area (Å²) in [7, 11) is 0. The van der Waals surface area contributed by atoms with Gasteiger partial charge in [-0.3, -0.25) is 14.3 Å². The highest BCUT2D eigenvalue weighted by Crippen LogP contribution is 2.62. The number of nitrogens with zero attached hydrogens (tertiary/aromatic N) is 1. The van der Waals surface area contributed by atoms with Crippen molar-refractivity contribution >= 4 is 0 Å². The molecule has 1 aromatic heterocycles. The third-order valence-corrected chi connectivity index (χ3v) is 4.27. The first-order chi connectivity index (χ1) is 8.64. The van der Waals surface area contributed by atoms with Crippen molar-refractivity contribution < 1.29 is 14.6 Å². The van der Waals surface area contributed by atoms with Crippen LogP contribution in [0.2, 0.25) is 0 Å². The molecule has 3 fully saturated rings. The number of aliphatic hydroxyl groups is 1. The van der Waals surface area contributed by atoms with Gasteiger partial charge in [0.05, 0.1) is 12.7 Å². The number of aromatic amines is 1. The maximum atomic E-state index is 11.7. The normalized spacial score (nSPS) is 44.1. The van der Waals surface area contributed by atoms with E-state index in [2.05, 4.69) is 4.98 Å². The molecule has 3 heterocycles. The predicted octanol–water partition coefficient (Wildman–Crippen LogP) is -1.42. The largest absolute Gasteiger partial charge is 0.393 e. The molecule has 96 valence electrons. The van der Waals surface area contributed by atoms with E-state index in [1.165, 1.54) is 16.8 Å². The van der Waals surface area contributed by atoms with E-state index in [0.717, 1.165) is 0 Å². The number of hydrogen-bond donors (Lipinski definition) is 2. The Morgan fingerprint density at radius 1 is 1.56 bits per heavy atom. The highest BCUT2D eigenvalue weighted by atomic mass is 16.6. The van der Waals surface area contributed by atoms with Crippen LogP contribution in [0.4, 0.5) is 0 Å². The standard InChI is InChI=1S/C11H12N2O5/c14-4-11-3-5-7(11)8(17-5)9(18-11)13-2-1-6(15)12-10(13)16/h1-2,5,7-9,14H,3-4H2,(H,12,15,16)/t5?,7?,8-,9+,11+/m0/s1. The molecule has 0 bridgehead atoms. The van der Waals surface area contributed by atoms with E-state index < -0.39 is 23.1 Å². The highest BCUT2D eigenvalue weighted by molar-refractivity contribution is 5.19. The molecule has 5 atom stereocenters. The van der Waals surface area contributed by atoms with Gasteiger partial charge >= 0.3 is 5.69 Å². The number of aliphatic hydroxyl groups excluding tert-OH is 1. The molecule has 2 unspecified atom stereocenters. The van der Waals surface area contributed by atoms with E-state index in [9.17, 15) is 14.7 Å². The molecule has 4 rings (SSSR count). The van der Waals surface area contributed by atoms with Gasteiger partial charge in [-0.2, -0.15) is 0 Å². The van der Waals surface area contributed by atoms with Crippen LogP contribution >= 0.6 is 0 Å². The van der Waals surface area contributed by atoms with Gasteiger partial charge in [0.25, 0.3) is 5.56 Å². The van der Waals surface area contributed by atoms with E-state index in [1.807, 2.05) is 0 Å². The number of aromatic nitrogens is 2. The SMILES string of the molecule is O=c1ccn([C@@H]2O[C@@]3(CO)CC4O[C@H]2C43)c(=O)[nH]1. The number of H-pyrrole nitrogens is 1. The highest BCUT2D eigenvalue weighted by Gasteiger charge is 2.73. The summed E-state index contributed by atoms with van der Waals surface area (Å²) < 4.78 is 12.8. The average molecular weight is 252 g/mol. The third-order valence-electron chi connectivity index (χ3n) is 4.27. The Kier molecular flexibility index (Phi) is 1.81. The fourth-order valence-electron chi connectivity index (χ4n) is 3.35. The summed E-state index contributed by atoms with van der Waals surface area (Å²) in [5, 5.41) is 9.44. The van der Waals surface area contributed by atoms with Gasteiger partial charge in [0.15, 0.2) is 6.23 Å². The van der Waals surface area contributed by atoms with Crippen LogP contribution in [0.3, 0.4) is 0 Å². The minimum atomic E-state index is -0.565. The smallest absolute Gasteiger partial charge is 0.330 e. The predicted molar refractivity (Wildman–Crippen MR) is 58.0 cm³/mol. The monoisotopic (exact) mass is 252 g/mol. The zero-order valence-corrected chi connectivity index (χ0v) is 9.41. The Morgan fingerprint density at radius 3 is 3.00 bits per heavy atom. The Labute approximate surface area is 101 Å². The second kappa shape index (κ2) is 3.11. The number of nitrogens with one attached hydrogen (secondary N) is 1. The first-order valence-corrected chi connectivity index (χ1v) is 5.90. The number of hydrogen-bond acceptors (Lipinski definition) is 5. The van der Waals surface area contributed by atoms with Gasteiger partial charge in [-0.25, -0.2) is 4.79 Å². The van der Waals surface area contributed by atoms with Crippen LogP contribution in [0.1, 0.15) is 12.6 Å². The van der Waals surface area contributed by atoms with Gasteiger partial charge in [0.1, 0.15) is 11.7 Å². The first kappa shape index (κ1) is 10.5. The van der Waals surface area contributed by atoms with Crippen molar-refractivity contribution in [2.45, 2.75) is 30.5 Å². The second-order valence-electron chi connectivity index (χ2n) is 5.12. The van der Waals surface area contributed by atoms with E-state index in [0.29, 0.717) is 6.42 Å². The molecule has 2 aliphatic heterocycles. The van der Waals surface area contributed by atoms with Crippen molar-refractivity contribution in [2.75, 3.05) is 6.61 Å². The maximum absolute atomic E-state index is 11.7. The van der Waals surface area contributed by atoms with Crippen LogP contribution in [-0.4, -0.2) is 39.1 Å². The summed E-state index contributed by atoms with van der Waals surface area (Å²) in [4.78, 5) is 24.9. The van der Waals surface area contributed by atoms with Gasteiger partial charge in [0.2, 0.25) is 0 Å². The second-order valence-corrected chi connectivity index (χ2v) is 5.12. The van der Waals surface area contributed by atoms with Crippen LogP contribution in [0.5, 0.6) is 0 Å². The van der Waals surface area contributed by atoms with E-state index in [1.54, 1.807) is 0 Å². The molecule has 1 aromatic rings. The molecule has 1 aliphatic carbocycles.